The monoisotopic (exact) mass is 702 g/mol. The van der Waals surface area contributed by atoms with Crippen molar-refractivity contribution in [2.75, 3.05) is 0 Å². The first-order valence-corrected chi connectivity index (χ1v) is 19.1. The van der Waals surface area contributed by atoms with Gasteiger partial charge in [0.25, 0.3) is 6.33 Å². The quantitative estimate of drug-likeness (QED) is 0.111. The fourth-order valence-electron chi connectivity index (χ4n) is 7.38. The Kier molecular flexibility index (Phi) is 9.57. The number of ether oxygens (including phenoxy) is 1. The number of para-hydroxylation sites is 1. The Morgan fingerprint density at radius 3 is 2.04 bits per heavy atom. The molecule has 3 heterocycles. The van der Waals surface area contributed by atoms with Gasteiger partial charge in [-0.15, -0.1) is 0 Å². The third-order valence-corrected chi connectivity index (χ3v) is 9.87. The van der Waals surface area contributed by atoms with Gasteiger partial charge in [-0.3, -0.25) is 13.7 Å². The lowest BCUT2D eigenvalue weighted by Crippen LogP contribution is -2.29. The molecular formula is C48H54N4O. The zero-order valence-corrected chi connectivity index (χ0v) is 33.2. The number of benzene rings is 4. The molecule has 0 atom stereocenters. The van der Waals surface area contributed by atoms with E-state index in [0.717, 1.165) is 52.6 Å². The average molecular weight is 703 g/mol. The second-order valence-electron chi connectivity index (χ2n) is 17.6. The smallest absolute Gasteiger partial charge is 0.269 e. The van der Waals surface area contributed by atoms with Crippen LogP contribution >= 0.6 is 0 Å². The molecule has 0 unspecified atom stereocenters. The van der Waals surface area contributed by atoms with E-state index in [1.54, 1.807) is 0 Å². The van der Waals surface area contributed by atoms with Gasteiger partial charge in [0.1, 0.15) is 17.3 Å². The fraction of sp³-hybridized carbons (Fsp3) is 0.333. The molecule has 3 aromatic heterocycles. The van der Waals surface area contributed by atoms with Crippen LogP contribution in [0.25, 0.3) is 39.0 Å². The summed E-state index contributed by atoms with van der Waals surface area (Å²) in [5.41, 5.74) is 9.40. The van der Waals surface area contributed by atoms with E-state index in [4.69, 9.17) is 9.72 Å². The summed E-state index contributed by atoms with van der Waals surface area (Å²) in [5.74, 6) is 3.62. The van der Waals surface area contributed by atoms with E-state index in [1.165, 1.54) is 33.2 Å². The summed E-state index contributed by atoms with van der Waals surface area (Å²) in [6.07, 6.45) is 9.99. The van der Waals surface area contributed by atoms with E-state index in [-0.39, 0.29) is 10.8 Å². The Hall–Kier alpha value is -5.16. The second-order valence-corrected chi connectivity index (χ2v) is 17.6. The lowest BCUT2D eigenvalue weighted by Gasteiger charge is -2.21. The molecule has 7 rings (SSSR count). The Morgan fingerprint density at radius 2 is 1.36 bits per heavy atom. The van der Waals surface area contributed by atoms with E-state index < -0.39 is 0 Å². The number of imidazole rings is 1. The normalized spacial score (nSPS) is 12.5. The zero-order valence-electron chi connectivity index (χ0n) is 33.2. The van der Waals surface area contributed by atoms with Crippen LogP contribution in [0, 0.1) is 18.2 Å². The molecule has 272 valence electrons. The summed E-state index contributed by atoms with van der Waals surface area (Å²) < 4.78 is 13.3. The largest absolute Gasteiger partial charge is 0.458 e. The highest BCUT2D eigenvalue weighted by molar-refractivity contribution is 6.09. The second kappa shape index (κ2) is 14.0. The van der Waals surface area contributed by atoms with Gasteiger partial charge in [0.05, 0.1) is 28.1 Å². The van der Waals surface area contributed by atoms with Crippen LogP contribution in [0.3, 0.4) is 0 Å². The summed E-state index contributed by atoms with van der Waals surface area (Å²) in [6.45, 7) is 22.7. The maximum absolute atomic E-state index is 6.67. The predicted octanol–water partition coefficient (Wildman–Crippen LogP) is 11.8. The first kappa shape index (κ1) is 36.2. The molecule has 4 aromatic carbocycles. The zero-order chi connectivity index (χ0) is 37.7. The topological polar surface area (TPSA) is 35.9 Å². The van der Waals surface area contributed by atoms with E-state index in [1.807, 2.05) is 12.3 Å². The first-order valence-electron chi connectivity index (χ1n) is 19.1. The summed E-state index contributed by atoms with van der Waals surface area (Å²) in [4.78, 5) is 4.85. The van der Waals surface area contributed by atoms with Gasteiger partial charge in [0.15, 0.2) is 0 Å². The van der Waals surface area contributed by atoms with Gasteiger partial charge in [-0.25, -0.2) is 4.98 Å². The molecule has 0 N–H and O–H groups in total. The molecule has 0 saturated heterocycles. The summed E-state index contributed by atoms with van der Waals surface area (Å²) >= 11 is 0. The summed E-state index contributed by atoms with van der Waals surface area (Å²) in [7, 11) is 0. The van der Waals surface area contributed by atoms with Crippen molar-refractivity contribution in [3.05, 3.63) is 138 Å². The number of rotatable bonds is 9. The third-order valence-electron chi connectivity index (χ3n) is 9.87. The number of fused-ring (bicyclic) bond motifs is 3. The lowest BCUT2D eigenvalue weighted by atomic mass is 9.88. The molecule has 0 bridgehead atoms. The van der Waals surface area contributed by atoms with Crippen LogP contribution in [0.15, 0.2) is 109 Å². The molecular weight excluding hydrogens is 649 g/mol. The molecule has 0 aliphatic rings. The summed E-state index contributed by atoms with van der Waals surface area (Å²) in [5, 5.41) is 2.36. The lowest BCUT2D eigenvalue weighted by molar-refractivity contribution is -0.599. The van der Waals surface area contributed by atoms with E-state index in [0.29, 0.717) is 11.8 Å². The van der Waals surface area contributed by atoms with Gasteiger partial charge in [0.2, 0.25) is 0 Å². The fourth-order valence-corrected chi connectivity index (χ4v) is 7.38. The number of hydrogen-bond donors (Lipinski definition) is 0. The Labute approximate surface area is 315 Å². The Balaban J connectivity index is 1.28. The van der Waals surface area contributed by atoms with Crippen LogP contribution in [-0.4, -0.2) is 14.1 Å². The SMILES string of the molecule is CC(C)Cc1cc(CC(C)C)cc(-[n+]2[c-]n(-c3cccc(Oc4ccc5c6ccccc6n(-c6cc(C(C)(C)C)ccn6)c5c4)c3)c(C(C)(C)C)c2)c1. The van der Waals surface area contributed by atoms with Crippen LogP contribution in [0.4, 0.5) is 0 Å². The van der Waals surface area contributed by atoms with Crippen molar-refractivity contribution in [2.24, 2.45) is 11.8 Å². The van der Waals surface area contributed by atoms with Crippen molar-refractivity contribution in [1.82, 2.24) is 14.1 Å². The number of hydrogen-bond acceptors (Lipinski definition) is 2. The molecule has 0 spiro atoms. The van der Waals surface area contributed by atoms with Crippen molar-refractivity contribution in [3.8, 4) is 28.7 Å². The van der Waals surface area contributed by atoms with Gasteiger partial charge in [0, 0.05) is 29.2 Å². The van der Waals surface area contributed by atoms with Crippen molar-refractivity contribution >= 4 is 21.8 Å². The highest BCUT2D eigenvalue weighted by Crippen LogP contribution is 2.36. The highest BCUT2D eigenvalue weighted by Gasteiger charge is 2.23. The molecule has 53 heavy (non-hydrogen) atoms. The van der Waals surface area contributed by atoms with Crippen LogP contribution in [0.5, 0.6) is 11.5 Å². The van der Waals surface area contributed by atoms with Gasteiger partial charge < -0.3 is 4.74 Å². The van der Waals surface area contributed by atoms with Gasteiger partial charge >= 0.3 is 0 Å². The minimum absolute atomic E-state index is 0.00745. The molecule has 7 aromatic rings. The van der Waals surface area contributed by atoms with E-state index in [9.17, 15) is 0 Å². The maximum atomic E-state index is 6.67. The number of pyridine rings is 1. The standard InChI is InChI=1S/C48H54N4O/c1-32(2)22-34-24-35(23-33(3)4)26-38(25-34)50-30-45(48(8,9)10)51(31-50)37-14-13-15-39(28-37)53-40-18-19-42-41-16-11-12-17-43(41)52(44(42)29-40)46-27-36(20-21-49-46)47(5,6)7/h11-21,24-30,32-33H,22-23H2,1-10H3. The minimum Gasteiger partial charge on any atom is -0.458 e. The third kappa shape index (κ3) is 7.67. The van der Waals surface area contributed by atoms with Crippen LogP contribution < -0.4 is 9.30 Å². The first-order chi connectivity index (χ1) is 25.1. The molecule has 5 heteroatoms. The van der Waals surface area contributed by atoms with E-state index in [2.05, 4.69) is 186 Å². The molecule has 0 saturated carbocycles. The van der Waals surface area contributed by atoms with Gasteiger partial charge in [-0.05, 0) is 102 Å². The van der Waals surface area contributed by atoms with E-state index >= 15 is 0 Å². The molecule has 0 fully saturated rings. The number of aromatic nitrogens is 4. The molecule has 0 aliphatic carbocycles. The van der Waals surface area contributed by atoms with Crippen molar-refractivity contribution in [3.63, 3.8) is 0 Å². The average Bonchev–Trinajstić information content (AvgIpc) is 3.68. The predicted molar refractivity (Wildman–Crippen MR) is 219 cm³/mol. The molecule has 0 aliphatic heterocycles. The van der Waals surface area contributed by atoms with Crippen LogP contribution in [0.2, 0.25) is 0 Å². The molecule has 0 radical (unpaired) electrons. The Bertz CT molecular complexity index is 2380. The minimum atomic E-state index is -0.119. The van der Waals surface area contributed by atoms with Crippen molar-refractivity contribution in [1.29, 1.82) is 0 Å². The molecule has 5 nitrogen and oxygen atoms in total. The van der Waals surface area contributed by atoms with Gasteiger partial charge in [-0.1, -0.05) is 111 Å². The highest BCUT2D eigenvalue weighted by atomic mass is 16.5. The Morgan fingerprint density at radius 1 is 0.679 bits per heavy atom. The summed E-state index contributed by atoms with van der Waals surface area (Å²) in [6, 6.07) is 34.7. The van der Waals surface area contributed by atoms with Crippen molar-refractivity contribution < 1.29 is 9.30 Å². The maximum Gasteiger partial charge on any atom is 0.269 e. The van der Waals surface area contributed by atoms with Crippen LogP contribution in [0.1, 0.15) is 91.6 Å². The van der Waals surface area contributed by atoms with Gasteiger partial charge in [-0.2, -0.15) is 0 Å². The van der Waals surface area contributed by atoms with Crippen molar-refractivity contribution in [2.45, 2.75) is 92.9 Å². The van der Waals surface area contributed by atoms with Crippen LogP contribution in [-0.2, 0) is 23.7 Å². The number of nitrogens with zero attached hydrogens (tertiary/aromatic N) is 4. The molecule has 0 amide bonds.